The van der Waals surface area contributed by atoms with E-state index < -0.39 is 23.3 Å². The molecule has 3 heterocycles. The Balaban J connectivity index is 0.000000222. The van der Waals surface area contributed by atoms with E-state index in [9.17, 15) is 22.7 Å². The smallest absolute Gasteiger partial charge is 0.220 e. The monoisotopic (exact) mass is 1420 g/mol. The van der Waals surface area contributed by atoms with Gasteiger partial charge >= 0.3 is 0 Å². The molecule has 13 nitrogen and oxygen atoms in total. The summed E-state index contributed by atoms with van der Waals surface area (Å²) in [6.07, 6.45) is 18.0. The number of thiazole rings is 1. The van der Waals surface area contributed by atoms with Gasteiger partial charge in [-0.3, -0.25) is 17.6 Å². The predicted octanol–water partition coefficient (Wildman–Crippen LogP) is 19.3. The fourth-order valence-electron chi connectivity index (χ4n) is 9.76. The molecule has 89 heavy (non-hydrogen) atoms. The third kappa shape index (κ3) is 21.3. The van der Waals surface area contributed by atoms with E-state index in [1.54, 1.807) is 24.3 Å². The summed E-state index contributed by atoms with van der Waals surface area (Å²) in [6.45, 7) is 19.9. The molecule has 4 atom stereocenters. The number of ether oxygens (including phenoxy) is 4. The van der Waals surface area contributed by atoms with Crippen molar-refractivity contribution in [2.45, 2.75) is 158 Å². The van der Waals surface area contributed by atoms with Gasteiger partial charge in [-0.1, -0.05) is 174 Å². The summed E-state index contributed by atoms with van der Waals surface area (Å²) < 4.78 is 81.4. The molecule has 9 aromatic rings. The van der Waals surface area contributed by atoms with Gasteiger partial charge in [-0.05, 0) is 73.6 Å². The standard InChI is InChI=1S/2C28H38F2N3O2.C14H10N2OS.Ir/c2*1-5-9-11-20(7-3)18-34-27-16-24-25(17-28(27)35-19-21(8-4)12-10-6-2)32-33(31-24)26-14-13-22(29)15-23(26)30;17-13(10-6-2-1-3-7-10)16-14-15-11-8-4-5-9-12(11)18-14;/h2*13,15-17,20-21H,5-12,18-19H2,1-4H3;1-9H,(H,15,16,17);/q2*-1;;. The summed E-state index contributed by atoms with van der Waals surface area (Å²) in [7, 11) is 0. The SMILES string of the molecule is CCCCC(CC)COc1cc2nn(-c3[c-]cc(F)cc3F)nc2cc1OCC(CC)CCCC.CCCCC(CC)COc1cc2nn(-c3[c-]cc(F)cc3F)nc2cc1OCC(CC)CCCC.O/C(=N\c1nc2ccccc2s1)c1ccccc1.[Ir]. The molecule has 9 rings (SSSR count). The van der Waals surface area contributed by atoms with Crippen LogP contribution in [0, 0.1) is 59.1 Å². The van der Waals surface area contributed by atoms with Crippen LogP contribution < -0.4 is 18.9 Å². The summed E-state index contributed by atoms with van der Waals surface area (Å²) >= 11 is 1.46. The molecule has 4 unspecified atom stereocenters. The fraction of sp³-hybridized carbons (Fsp3) is 0.457. The van der Waals surface area contributed by atoms with Crippen LogP contribution in [0.25, 0.3) is 43.7 Å². The van der Waals surface area contributed by atoms with Crippen LogP contribution in [0.15, 0.2) is 108 Å². The Morgan fingerprint density at radius 1 is 0.494 bits per heavy atom. The Morgan fingerprint density at radius 2 is 0.843 bits per heavy atom. The first kappa shape index (κ1) is 71.1. The Morgan fingerprint density at radius 3 is 1.17 bits per heavy atom. The fourth-order valence-corrected chi connectivity index (χ4v) is 10.6. The minimum absolute atomic E-state index is 0. The van der Waals surface area contributed by atoms with Crippen LogP contribution in [0.2, 0.25) is 0 Å². The van der Waals surface area contributed by atoms with E-state index in [1.165, 1.54) is 37.0 Å². The second-order valence-corrected chi connectivity index (χ2v) is 23.3. The molecule has 19 heteroatoms. The van der Waals surface area contributed by atoms with Crippen LogP contribution in [0.3, 0.4) is 0 Å². The van der Waals surface area contributed by atoms with Gasteiger partial charge in [0.2, 0.25) is 11.0 Å². The number of aromatic nitrogens is 7. The molecule has 0 amide bonds. The van der Waals surface area contributed by atoms with Gasteiger partial charge in [-0.25, -0.2) is 4.98 Å². The number of hydrogen-bond acceptors (Lipinski definition) is 11. The van der Waals surface area contributed by atoms with Gasteiger partial charge in [0.1, 0.15) is 22.1 Å². The number of aliphatic imine (C=N–C) groups is 1. The molecule has 6 aromatic carbocycles. The number of nitrogens with zero attached hydrogens (tertiary/aromatic N) is 8. The number of benzene rings is 6. The van der Waals surface area contributed by atoms with E-state index in [0.717, 1.165) is 121 Å². The van der Waals surface area contributed by atoms with Gasteiger partial charge in [0, 0.05) is 84.6 Å². The first-order valence-corrected chi connectivity index (χ1v) is 32.4. The largest absolute Gasteiger partial charge is 0.493 e. The van der Waals surface area contributed by atoms with Crippen LogP contribution in [0.5, 0.6) is 23.0 Å². The van der Waals surface area contributed by atoms with Crippen molar-refractivity contribution in [3.8, 4) is 34.4 Å². The maximum absolute atomic E-state index is 14.3. The first-order chi connectivity index (χ1) is 42.8. The predicted molar refractivity (Wildman–Crippen MR) is 345 cm³/mol. The second-order valence-electron chi connectivity index (χ2n) is 22.3. The zero-order valence-electron chi connectivity index (χ0n) is 52.7. The van der Waals surface area contributed by atoms with Crippen molar-refractivity contribution in [3.63, 3.8) is 0 Å². The Bertz CT molecular complexity index is 3270. The molecule has 0 saturated heterocycles. The van der Waals surface area contributed by atoms with Gasteiger partial charge in [-0.2, -0.15) is 35.0 Å². The molecule has 481 valence electrons. The quantitative estimate of drug-likeness (QED) is 0.0187. The topological polar surface area (TPSA) is 144 Å². The van der Waals surface area contributed by atoms with Crippen LogP contribution in [0.1, 0.15) is 164 Å². The number of fused-ring (bicyclic) bond motifs is 3. The third-order valence-electron chi connectivity index (χ3n) is 15.6. The number of halogens is 4. The van der Waals surface area contributed by atoms with E-state index in [-0.39, 0.29) is 37.4 Å². The minimum Gasteiger partial charge on any atom is -0.493 e. The zero-order valence-corrected chi connectivity index (χ0v) is 55.9. The van der Waals surface area contributed by atoms with E-state index >= 15 is 0 Å². The molecule has 1 radical (unpaired) electrons. The molecular weight excluding hydrogens is 1330 g/mol. The van der Waals surface area contributed by atoms with Crippen LogP contribution in [0.4, 0.5) is 22.7 Å². The summed E-state index contributed by atoms with van der Waals surface area (Å²) in [6, 6.07) is 33.1. The van der Waals surface area contributed by atoms with Crippen molar-refractivity contribution in [1.82, 2.24) is 35.0 Å². The summed E-state index contributed by atoms with van der Waals surface area (Å²) in [5, 5.41) is 28.1. The number of unbranched alkanes of at least 4 members (excludes halogenated alkanes) is 4. The zero-order chi connectivity index (χ0) is 62.8. The van der Waals surface area contributed by atoms with Crippen LogP contribution >= 0.6 is 11.3 Å². The first-order valence-electron chi connectivity index (χ1n) is 31.6. The number of aliphatic hydroxyl groups excluding tert-OH is 1. The summed E-state index contributed by atoms with van der Waals surface area (Å²) in [4.78, 5) is 10.8. The van der Waals surface area contributed by atoms with Gasteiger partial charge < -0.3 is 24.1 Å². The molecule has 1 N–H and O–H groups in total. The Hall–Kier alpha value is -6.95. The van der Waals surface area contributed by atoms with Gasteiger partial charge in [0.15, 0.2) is 23.0 Å². The van der Waals surface area contributed by atoms with E-state index in [0.29, 0.717) is 106 Å². The number of hydrogen-bond donors (Lipinski definition) is 1. The Kier molecular flexibility index (Phi) is 29.8. The van der Waals surface area contributed by atoms with E-state index in [2.05, 4.69) is 97.9 Å². The summed E-state index contributed by atoms with van der Waals surface area (Å²) in [5.41, 5.74) is 3.70. The van der Waals surface area contributed by atoms with Crippen molar-refractivity contribution in [2.75, 3.05) is 26.4 Å². The molecule has 0 aliphatic carbocycles. The van der Waals surface area contributed by atoms with Gasteiger partial charge in [0.25, 0.3) is 0 Å². The molecule has 0 aliphatic heterocycles. The van der Waals surface area contributed by atoms with Gasteiger partial charge in [-0.15, -0.1) is 36.4 Å². The molecule has 0 fully saturated rings. The van der Waals surface area contributed by atoms with Crippen molar-refractivity contribution >= 4 is 54.6 Å². The third-order valence-corrected chi connectivity index (χ3v) is 16.5. The normalized spacial score (nSPS) is 12.8. The Labute approximate surface area is 540 Å². The van der Waals surface area contributed by atoms with Crippen LogP contribution in [-0.2, 0) is 20.1 Å². The molecule has 0 aliphatic rings. The molecule has 0 saturated carbocycles. The van der Waals surface area contributed by atoms with E-state index in [1.807, 2.05) is 54.6 Å². The minimum atomic E-state index is -0.776. The number of para-hydroxylation sites is 1. The maximum atomic E-state index is 14.3. The maximum Gasteiger partial charge on any atom is 0.220 e. The number of rotatable bonds is 32. The average Bonchev–Trinajstić information content (AvgIpc) is 3.91. The van der Waals surface area contributed by atoms with Crippen molar-refractivity contribution < 1.29 is 61.7 Å². The van der Waals surface area contributed by atoms with Crippen molar-refractivity contribution in [2.24, 2.45) is 28.7 Å². The summed E-state index contributed by atoms with van der Waals surface area (Å²) in [5.74, 6) is 1.37. The van der Waals surface area contributed by atoms with Gasteiger partial charge in [0.05, 0.1) is 36.6 Å². The molecule has 0 spiro atoms. The average molecular weight is 1420 g/mol. The van der Waals surface area contributed by atoms with Crippen molar-refractivity contribution in [1.29, 1.82) is 0 Å². The van der Waals surface area contributed by atoms with Crippen LogP contribution in [-0.4, -0.2) is 72.4 Å². The molecule has 3 aromatic heterocycles. The molecule has 0 bridgehead atoms. The molecular formula is C70H86F4IrN8O5S-2. The van der Waals surface area contributed by atoms with E-state index in [4.69, 9.17) is 18.9 Å². The van der Waals surface area contributed by atoms with Crippen molar-refractivity contribution in [3.05, 3.63) is 144 Å². The number of aliphatic hydroxyl groups is 1. The second kappa shape index (κ2) is 37.3.